The van der Waals surface area contributed by atoms with Gasteiger partial charge in [-0.3, -0.25) is 0 Å². The van der Waals surface area contributed by atoms with Crippen molar-refractivity contribution < 1.29 is 40.2 Å². The molecule has 144 valence electrons. The molecule has 3 nitrogen and oxygen atoms in total. The molecule has 0 bridgehead atoms. The third-order valence-electron chi connectivity index (χ3n) is 3.21. The van der Waals surface area contributed by atoms with Crippen molar-refractivity contribution in [3.63, 3.8) is 0 Å². The Balaban J connectivity index is 0.000000263. The van der Waals surface area contributed by atoms with E-state index in [1.54, 1.807) is 0 Å². The zero-order valence-electron chi connectivity index (χ0n) is 12.8. The van der Waals surface area contributed by atoms with Crippen LogP contribution in [0.25, 0.3) is 0 Å². The molecule has 0 aliphatic rings. The second-order valence-electron chi connectivity index (χ2n) is 4.73. The van der Waals surface area contributed by atoms with Gasteiger partial charge < -0.3 is 16.6 Å². The van der Waals surface area contributed by atoms with Gasteiger partial charge in [-0.1, -0.05) is 0 Å². The lowest BCUT2D eigenvalue weighted by molar-refractivity contribution is 0.263. The molecule has 0 fully saturated rings. The van der Waals surface area contributed by atoms with Crippen LogP contribution in [0.15, 0.2) is 6.07 Å². The molecule has 0 radical (unpaired) electrons. The van der Waals surface area contributed by atoms with Crippen molar-refractivity contribution in [2.45, 2.75) is 19.7 Å². The van der Waals surface area contributed by atoms with E-state index in [-0.39, 0.29) is 6.07 Å². The summed E-state index contributed by atoms with van der Waals surface area (Å²) in [6, 6.07) is 0.0871. The van der Waals surface area contributed by atoms with Crippen molar-refractivity contribution in [3.05, 3.63) is 69.3 Å². The van der Waals surface area contributed by atoms with Crippen LogP contribution >= 0.6 is 0 Å². The van der Waals surface area contributed by atoms with Crippen LogP contribution in [0.5, 0.6) is 0 Å². The summed E-state index contributed by atoms with van der Waals surface area (Å²) in [5.41, 5.74) is 7.26. The zero-order chi connectivity index (χ0) is 20.2. The fourth-order valence-electron chi connectivity index (χ4n) is 1.84. The molecule has 0 aromatic heterocycles. The average Bonchev–Trinajstić information content (AvgIpc) is 2.61. The first-order chi connectivity index (χ1) is 12.1. The third-order valence-corrected chi connectivity index (χ3v) is 3.21. The fraction of sp³-hybridized carbons (Fsp3) is 0.200. The fourth-order valence-corrected chi connectivity index (χ4v) is 1.84. The van der Waals surface area contributed by atoms with Gasteiger partial charge in [0.2, 0.25) is 0 Å². The van der Waals surface area contributed by atoms with E-state index in [1.165, 1.54) is 0 Å². The normalized spacial score (nSPS) is 10.6. The second kappa shape index (κ2) is 8.92. The summed E-state index contributed by atoms with van der Waals surface area (Å²) in [6.45, 7) is -2.31. The van der Waals surface area contributed by atoms with E-state index in [0.717, 1.165) is 0 Å². The second-order valence-corrected chi connectivity index (χ2v) is 4.73. The lowest BCUT2D eigenvalue weighted by atomic mass is 10.1. The van der Waals surface area contributed by atoms with Crippen LogP contribution in [0.3, 0.4) is 0 Å². The van der Waals surface area contributed by atoms with E-state index in [2.05, 4.69) is 0 Å². The van der Waals surface area contributed by atoms with Crippen molar-refractivity contribution in [2.75, 3.05) is 0 Å². The number of nitrogens with two attached hydrogens (primary N) is 2. The van der Waals surface area contributed by atoms with Gasteiger partial charge in [0.05, 0.1) is 12.2 Å². The summed E-state index contributed by atoms with van der Waals surface area (Å²) in [4.78, 5) is 0. The van der Waals surface area contributed by atoms with E-state index >= 15 is 0 Å². The number of halogens is 8. The first-order valence-electron chi connectivity index (χ1n) is 6.78. The molecule has 0 heterocycles. The summed E-state index contributed by atoms with van der Waals surface area (Å²) in [6.07, 6.45) is 0. The third kappa shape index (κ3) is 4.11. The number of aliphatic hydroxyl groups excluding tert-OH is 1. The van der Waals surface area contributed by atoms with Crippen LogP contribution in [0.2, 0.25) is 0 Å². The monoisotopic (exact) mass is 388 g/mol. The van der Waals surface area contributed by atoms with Crippen molar-refractivity contribution in [1.29, 1.82) is 0 Å². The molecule has 0 unspecified atom stereocenters. The molecule has 5 N–H and O–H groups in total. The van der Waals surface area contributed by atoms with E-state index in [9.17, 15) is 35.1 Å². The van der Waals surface area contributed by atoms with Crippen LogP contribution < -0.4 is 11.5 Å². The van der Waals surface area contributed by atoms with Crippen LogP contribution in [0.4, 0.5) is 35.1 Å². The summed E-state index contributed by atoms with van der Waals surface area (Å²) in [5.74, 6) is -12.1. The Morgan fingerprint density at radius 2 is 0.885 bits per heavy atom. The molecular weight excluding hydrogens is 376 g/mol. The Labute approximate surface area is 141 Å². The van der Waals surface area contributed by atoms with Crippen molar-refractivity contribution >= 4 is 0 Å². The van der Waals surface area contributed by atoms with E-state index < -0.39 is 82.9 Å². The largest absolute Gasteiger partial charge is 0.391 e. The van der Waals surface area contributed by atoms with E-state index in [0.29, 0.717) is 0 Å². The standard InChI is InChI=1S/C8H8F4N2.C7H4F4O/c9-5-3(1-13)6(10)8(12)4(2-14)7(5)11;8-4-1-5(9)7(11)3(2-12)6(4)10/h1-2,13-14H2;1,12H,2H2. The van der Waals surface area contributed by atoms with Crippen LogP contribution in [0, 0.1) is 46.5 Å². The van der Waals surface area contributed by atoms with Gasteiger partial charge in [0.15, 0.2) is 46.5 Å². The number of hydrogen-bond donors (Lipinski definition) is 3. The highest BCUT2D eigenvalue weighted by Gasteiger charge is 2.23. The molecule has 2 aromatic rings. The topological polar surface area (TPSA) is 72.3 Å². The van der Waals surface area contributed by atoms with Crippen molar-refractivity contribution in [2.24, 2.45) is 11.5 Å². The SMILES string of the molecule is NCc1c(F)c(F)c(CN)c(F)c1F.OCc1c(F)c(F)cc(F)c1F. The molecule has 26 heavy (non-hydrogen) atoms. The van der Waals surface area contributed by atoms with Crippen LogP contribution in [-0.2, 0) is 19.7 Å². The molecule has 2 rings (SSSR count). The van der Waals surface area contributed by atoms with Gasteiger partial charge in [0.1, 0.15) is 0 Å². The molecule has 0 amide bonds. The quantitative estimate of drug-likeness (QED) is 0.559. The highest BCUT2D eigenvalue weighted by molar-refractivity contribution is 5.29. The average molecular weight is 388 g/mol. The molecule has 0 saturated heterocycles. The first kappa shape index (κ1) is 21.8. The molecule has 0 aliphatic heterocycles. The lowest BCUT2D eigenvalue weighted by Crippen LogP contribution is -2.14. The minimum absolute atomic E-state index is 0.0871. The molecule has 11 heteroatoms. The highest BCUT2D eigenvalue weighted by Crippen LogP contribution is 2.23. The molecule has 2 aromatic carbocycles. The Hall–Kier alpha value is -2.24. The summed E-state index contributed by atoms with van der Waals surface area (Å²) in [7, 11) is 0. The first-order valence-corrected chi connectivity index (χ1v) is 6.78. The minimum atomic E-state index is -1.56. The molecular formula is C15H12F8N2O. The maximum Gasteiger partial charge on any atom is 0.167 e. The van der Waals surface area contributed by atoms with Gasteiger partial charge in [-0.25, -0.2) is 35.1 Å². The van der Waals surface area contributed by atoms with Crippen molar-refractivity contribution in [1.82, 2.24) is 0 Å². The van der Waals surface area contributed by atoms with Gasteiger partial charge in [0, 0.05) is 30.3 Å². The highest BCUT2D eigenvalue weighted by atomic mass is 19.2. The number of rotatable bonds is 3. The predicted molar refractivity (Wildman–Crippen MR) is 74.3 cm³/mol. The molecule has 0 atom stereocenters. The maximum absolute atomic E-state index is 13.0. The van der Waals surface area contributed by atoms with Crippen molar-refractivity contribution in [3.8, 4) is 0 Å². The van der Waals surface area contributed by atoms with Gasteiger partial charge >= 0.3 is 0 Å². The predicted octanol–water partition coefficient (Wildman–Crippen LogP) is 2.90. The van der Waals surface area contributed by atoms with Crippen LogP contribution in [-0.4, -0.2) is 5.11 Å². The van der Waals surface area contributed by atoms with Crippen LogP contribution in [0.1, 0.15) is 16.7 Å². The summed E-state index contributed by atoms with van der Waals surface area (Å²) < 4.78 is 102. The smallest absolute Gasteiger partial charge is 0.167 e. The minimum Gasteiger partial charge on any atom is -0.391 e. The summed E-state index contributed by atoms with van der Waals surface area (Å²) in [5, 5.41) is 8.33. The molecule has 0 spiro atoms. The number of hydrogen-bond acceptors (Lipinski definition) is 3. The Morgan fingerprint density at radius 1 is 0.577 bits per heavy atom. The molecule has 0 aliphatic carbocycles. The van der Waals surface area contributed by atoms with Gasteiger partial charge in [0.25, 0.3) is 0 Å². The molecule has 0 saturated carbocycles. The Bertz CT molecular complexity index is 723. The summed E-state index contributed by atoms with van der Waals surface area (Å²) >= 11 is 0. The zero-order valence-corrected chi connectivity index (χ0v) is 12.8. The van der Waals surface area contributed by atoms with E-state index in [4.69, 9.17) is 16.6 Å². The lowest BCUT2D eigenvalue weighted by Gasteiger charge is -2.08. The van der Waals surface area contributed by atoms with Gasteiger partial charge in [-0.15, -0.1) is 0 Å². The van der Waals surface area contributed by atoms with Gasteiger partial charge in [-0.05, 0) is 0 Å². The van der Waals surface area contributed by atoms with Gasteiger partial charge in [-0.2, -0.15) is 0 Å². The number of benzene rings is 2. The Kier molecular flexibility index (Phi) is 7.48. The van der Waals surface area contributed by atoms with E-state index in [1.807, 2.05) is 0 Å². The number of aliphatic hydroxyl groups is 1. The maximum atomic E-state index is 13.0. The Morgan fingerprint density at radius 3 is 1.12 bits per heavy atom.